The molecule has 1 saturated heterocycles. The first-order valence-corrected chi connectivity index (χ1v) is 15.3. The van der Waals surface area contributed by atoms with Crippen molar-refractivity contribution < 1.29 is 24.2 Å². The van der Waals surface area contributed by atoms with Crippen LogP contribution in [-0.2, 0) is 22.6 Å². The second-order valence-electron chi connectivity index (χ2n) is 11.4. The molecule has 1 fully saturated rings. The van der Waals surface area contributed by atoms with Gasteiger partial charge in [0, 0.05) is 12.0 Å². The summed E-state index contributed by atoms with van der Waals surface area (Å²) in [6.45, 7) is 6.34. The average molecular weight is 603 g/mol. The van der Waals surface area contributed by atoms with Crippen LogP contribution in [0.2, 0.25) is 0 Å². The van der Waals surface area contributed by atoms with E-state index in [2.05, 4.69) is 0 Å². The molecule has 0 radical (unpaired) electrons. The molecule has 5 aromatic rings. The number of aryl methyl sites for hydroxylation is 2. The minimum atomic E-state index is -0.916. The van der Waals surface area contributed by atoms with E-state index in [0.29, 0.717) is 35.0 Å². The van der Waals surface area contributed by atoms with E-state index >= 15 is 0 Å². The van der Waals surface area contributed by atoms with Gasteiger partial charge in [-0.25, -0.2) is 4.98 Å². The minimum absolute atomic E-state index is 0.00859. The van der Waals surface area contributed by atoms with Crippen LogP contribution in [0.4, 0.5) is 5.13 Å². The van der Waals surface area contributed by atoms with E-state index < -0.39 is 17.7 Å². The van der Waals surface area contributed by atoms with Gasteiger partial charge in [0.15, 0.2) is 5.13 Å². The van der Waals surface area contributed by atoms with Crippen molar-refractivity contribution in [3.63, 3.8) is 0 Å². The number of ether oxygens (including phenoxy) is 2. The summed E-state index contributed by atoms with van der Waals surface area (Å²) >= 11 is 1.35. The van der Waals surface area contributed by atoms with E-state index in [0.717, 1.165) is 38.2 Å². The number of thiazole rings is 1. The summed E-state index contributed by atoms with van der Waals surface area (Å²) in [6.07, 6.45) is 0.720. The van der Waals surface area contributed by atoms with Crippen LogP contribution in [0.5, 0.6) is 11.5 Å². The maximum atomic E-state index is 13.8. The van der Waals surface area contributed by atoms with Gasteiger partial charge in [0.25, 0.3) is 5.78 Å². The van der Waals surface area contributed by atoms with Gasteiger partial charge in [0.1, 0.15) is 30.0 Å². The number of Topliss-reactive ketones (excluding diaryl/α,β-unsaturated/α-hetero) is 1. The van der Waals surface area contributed by atoms with Crippen LogP contribution < -0.4 is 14.4 Å². The highest BCUT2D eigenvalue weighted by Crippen LogP contribution is 2.45. The molecule has 4 aromatic carbocycles. The smallest absolute Gasteiger partial charge is 0.301 e. The van der Waals surface area contributed by atoms with Crippen molar-refractivity contribution in [1.82, 2.24) is 4.98 Å². The van der Waals surface area contributed by atoms with Crippen molar-refractivity contribution in [2.45, 2.75) is 45.9 Å². The quantitative estimate of drug-likeness (QED) is 0.123. The summed E-state index contributed by atoms with van der Waals surface area (Å²) in [4.78, 5) is 33.9. The second-order valence-corrected chi connectivity index (χ2v) is 12.4. The molecule has 0 spiro atoms. The zero-order valence-electron chi connectivity index (χ0n) is 24.5. The van der Waals surface area contributed by atoms with E-state index in [1.165, 1.54) is 16.2 Å². The molecule has 1 amide bonds. The van der Waals surface area contributed by atoms with Crippen LogP contribution in [0.1, 0.15) is 46.3 Å². The van der Waals surface area contributed by atoms with Gasteiger partial charge >= 0.3 is 5.91 Å². The van der Waals surface area contributed by atoms with Crippen molar-refractivity contribution >= 4 is 44.1 Å². The number of aliphatic hydroxyl groups is 1. The third-order valence-electron chi connectivity index (χ3n) is 8.06. The van der Waals surface area contributed by atoms with Crippen molar-refractivity contribution in [2.24, 2.45) is 0 Å². The van der Waals surface area contributed by atoms with Crippen molar-refractivity contribution in [3.8, 4) is 11.5 Å². The molecule has 0 bridgehead atoms. The largest absolute Gasteiger partial charge is 0.507 e. The lowest BCUT2D eigenvalue weighted by atomic mass is 9.94. The first-order valence-electron chi connectivity index (χ1n) is 14.5. The maximum Gasteiger partial charge on any atom is 0.301 e. The summed E-state index contributed by atoms with van der Waals surface area (Å²) in [5.41, 5.74) is 5.90. The molecular formula is C36H30N2O5S. The Morgan fingerprint density at radius 1 is 1.02 bits per heavy atom. The van der Waals surface area contributed by atoms with Crippen molar-refractivity contribution in [2.75, 3.05) is 4.90 Å². The predicted octanol–water partition coefficient (Wildman–Crippen LogP) is 7.44. The van der Waals surface area contributed by atoms with Crippen LogP contribution in [0.15, 0.2) is 90.5 Å². The molecule has 2 aliphatic heterocycles. The highest BCUT2D eigenvalue weighted by Gasteiger charge is 2.48. The molecule has 44 heavy (non-hydrogen) atoms. The fourth-order valence-electron chi connectivity index (χ4n) is 6.05. The van der Waals surface area contributed by atoms with Gasteiger partial charge in [-0.1, -0.05) is 59.9 Å². The minimum Gasteiger partial charge on any atom is -0.507 e. The first kappa shape index (κ1) is 27.9. The number of carbonyl (C=O) groups is 2. The predicted molar refractivity (Wildman–Crippen MR) is 171 cm³/mol. The van der Waals surface area contributed by atoms with Crippen molar-refractivity contribution in [1.29, 1.82) is 0 Å². The van der Waals surface area contributed by atoms with Gasteiger partial charge in [-0.15, -0.1) is 0 Å². The molecule has 0 unspecified atom stereocenters. The van der Waals surface area contributed by atoms with E-state index in [4.69, 9.17) is 14.5 Å². The molecule has 2 atom stereocenters. The Kier molecular flexibility index (Phi) is 6.94. The summed E-state index contributed by atoms with van der Waals surface area (Å²) in [7, 11) is 0. The average Bonchev–Trinajstić information content (AvgIpc) is 3.68. The third kappa shape index (κ3) is 4.91. The Labute approximate surface area is 259 Å². The van der Waals surface area contributed by atoms with Gasteiger partial charge in [-0.2, -0.15) is 0 Å². The van der Waals surface area contributed by atoms with E-state index in [9.17, 15) is 14.7 Å². The molecule has 8 heteroatoms. The lowest BCUT2D eigenvalue weighted by Gasteiger charge is -2.23. The normalized spacial score (nSPS) is 18.9. The highest BCUT2D eigenvalue weighted by atomic mass is 32.1. The molecule has 1 aromatic heterocycles. The lowest BCUT2D eigenvalue weighted by Crippen LogP contribution is -2.29. The number of carbonyl (C=O) groups excluding carboxylic acids is 2. The Balaban J connectivity index is 1.36. The molecular weight excluding hydrogens is 572 g/mol. The number of rotatable bonds is 6. The monoisotopic (exact) mass is 602 g/mol. The summed E-state index contributed by atoms with van der Waals surface area (Å²) in [6, 6.07) is 25.7. The SMILES string of the molecule is Cc1cc(C)c2nc(N3C(=O)C(=O)C(=C(O)c4ccc5c(c4)C[C@@H](C)O5)[C@@H]3c3cccc(OCc4ccccc4)c3)sc2c1. The molecule has 0 saturated carbocycles. The number of ketones is 1. The number of fused-ring (bicyclic) bond motifs is 2. The van der Waals surface area contributed by atoms with Gasteiger partial charge in [0.05, 0.1) is 21.8 Å². The molecule has 220 valence electrons. The van der Waals surface area contributed by atoms with E-state index in [-0.39, 0.29) is 17.4 Å². The standard InChI is InChI=1S/C36H30N2O5S/c1-20-14-21(2)31-29(15-20)44-36(37-31)38-32(24-10-7-11-27(18-24)42-19-23-8-5-4-6-9-23)30(34(40)35(38)41)33(39)25-12-13-28-26(17-25)16-22(3)43-28/h4-15,17-18,22,32,39H,16,19H2,1-3H3/t22-,32+/m1/s1. The van der Waals surface area contributed by atoms with Crippen molar-refractivity contribution in [3.05, 3.63) is 124 Å². The first-order chi connectivity index (χ1) is 21.3. The van der Waals surface area contributed by atoms with Crippen LogP contribution in [-0.4, -0.2) is 27.9 Å². The van der Waals surface area contributed by atoms with Crippen LogP contribution in [0.25, 0.3) is 16.0 Å². The molecule has 1 N–H and O–H groups in total. The molecule has 3 heterocycles. The highest BCUT2D eigenvalue weighted by molar-refractivity contribution is 7.22. The number of nitrogens with zero attached hydrogens (tertiary/aromatic N) is 2. The molecule has 2 aliphatic rings. The topological polar surface area (TPSA) is 89.0 Å². The molecule has 0 aliphatic carbocycles. The Morgan fingerprint density at radius 3 is 2.66 bits per heavy atom. The van der Waals surface area contributed by atoms with Crippen LogP contribution >= 0.6 is 11.3 Å². The maximum absolute atomic E-state index is 13.8. The summed E-state index contributed by atoms with van der Waals surface area (Å²) in [5, 5.41) is 12.1. The lowest BCUT2D eigenvalue weighted by molar-refractivity contribution is -0.132. The number of aromatic nitrogens is 1. The Hall–Kier alpha value is -4.95. The number of hydrogen-bond acceptors (Lipinski definition) is 7. The molecule has 7 rings (SSSR count). The van der Waals surface area contributed by atoms with E-state index in [1.807, 2.05) is 93.6 Å². The fourth-order valence-corrected chi connectivity index (χ4v) is 7.22. The van der Waals surface area contributed by atoms with Gasteiger partial charge < -0.3 is 14.6 Å². The number of anilines is 1. The summed E-state index contributed by atoms with van der Waals surface area (Å²) in [5.74, 6) is -0.396. The summed E-state index contributed by atoms with van der Waals surface area (Å²) < 4.78 is 12.9. The van der Waals surface area contributed by atoms with Crippen LogP contribution in [0, 0.1) is 13.8 Å². The number of benzene rings is 4. The zero-order chi connectivity index (χ0) is 30.5. The Bertz CT molecular complexity index is 1980. The van der Waals surface area contributed by atoms with Gasteiger partial charge in [-0.05, 0) is 85.0 Å². The van der Waals surface area contributed by atoms with Crippen LogP contribution in [0.3, 0.4) is 0 Å². The zero-order valence-corrected chi connectivity index (χ0v) is 25.4. The Morgan fingerprint density at radius 2 is 1.84 bits per heavy atom. The number of amides is 1. The third-order valence-corrected chi connectivity index (χ3v) is 9.06. The molecule has 7 nitrogen and oxygen atoms in total. The second kappa shape index (κ2) is 11.0. The number of hydrogen-bond donors (Lipinski definition) is 1. The van der Waals surface area contributed by atoms with Gasteiger partial charge in [-0.3, -0.25) is 14.5 Å². The van der Waals surface area contributed by atoms with E-state index in [1.54, 1.807) is 12.1 Å². The number of aliphatic hydroxyl groups excluding tert-OH is 1. The fraction of sp³-hybridized carbons (Fsp3) is 0.194. The van der Waals surface area contributed by atoms with Gasteiger partial charge in [0.2, 0.25) is 0 Å².